The molecule has 2 aromatic heterocycles. The Bertz CT molecular complexity index is 1500. The first-order valence-corrected chi connectivity index (χ1v) is 12.0. The number of ether oxygens (including phenoxy) is 3. The number of nitrogens with one attached hydrogen (secondary N) is 1. The van der Waals surface area contributed by atoms with Crippen LogP contribution in [-0.4, -0.2) is 37.5 Å². The number of hydrogen-bond acceptors (Lipinski definition) is 5. The first kappa shape index (κ1) is 26.3. The largest absolute Gasteiger partial charge is 0.497 e. The molecule has 6 nitrogen and oxygen atoms in total. The van der Waals surface area contributed by atoms with Gasteiger partial charge >= 0.3 is 6.18 Å². The molecule has 37 heavy (non-hydrogen) atoms. The van der Waals surface area contributed by atoms with E-state index in [1.165, 1.54) is 14.2 Å². The highest BCUT2D eigenvalue weighted by molar-refractivity contribution is 5.91. The molecule has 4 rings (SSSR count). The van der Waals surface area contributed by atoms with E-state index >= 15 is 0 Å². The molecule has 0 aliphatic rings. The second-order valence-corrected chi connectivity index (χ2v) is 8.86. The van der Waals surface area contributed by atoms with Crippen LogP contribution in [0.25, 0.3) is 21.7 Å². The number of aromatic nitrogens is 2. The first-order chi connectivity index (χ1) is 17.7. The second-order valence-electron chi connectivity index (χ2n) is 8.86. The second kappa shape index (κ2) is 10.7. The minimum atomic E-state index is -4.33. The van der Waals surface area contributed by atoms with Crippen LogP contribution in [-0.2, 0) is 19.3 Å². The quantitative estimate of drug-likeness (QED) is 0.290. The molecule has 1 N–H and O–H groups in total. The molecule has 0 fully saturated rings. The zero-order valence-electron chi connectivity index (χ0n) is 21.2. The van der Waals surface area contributed by atoms with Gasteiger partial charge in [-0.05, 0) is 60.2 Å². The molecule has 0 saturated heterocycles. The number of pyridine rings is 2. The highest BCUT2D eigenvalue weighted by Gasteiger charge is 2.28. The standard InChI is InChI=1S/C28H29F3N2O4/c1-5-6-24-20-15-26(37-4)25(36-3)14-19(20)21(27(34)33-24)13-17-11-16-12-18(35-2)7-8-22(16)32-23(17)9-10-28(29,30)31/h7-8,11-12,14-15H,5-6,9-10,13H2,1-4H3,(H,33,34). The molecule has 4 aromatic rings. The Hall–Kier alpha value is -3.75. The summed E-state index contributed by atoms with van der Waals surface area (Å²) >= 11 is 0. The SMILES string of the molecule is CCCc1[nH]c(=O)c(Cc2cc3cc(OC)ccc3nc2CCC(F)(F)F)c2cc(OC)c(OC)cc12. The van der Waals surface area contributed by atoms with E-state index in [1.54, 1.807) is 37.4 Å². The van der Waals surface area contributed by atoms with Crippen molar-refractivity contribution in [3.05, 3.63) is 69.3 Å². The van der Waals surface area contributed by atoms with Gasteiger partial charge in [0.1, 0.15) is 5.75 Å². The van der Waals surface area contributed by atoms with Gasteiger partial charge in [0.2, 0.25) is 0 Å². The summed E-state index contributed by atoms with van der Waals surface area (Å²) in [7, 11) is 4.59. The third kappa shape index (κ3) is 5.65. The lowest BCUT2D eigenvalue weighted by molar-refractivity contribution is -0.134. The number of aromatic amines is 1. The molecule has 0 bridgehead atoms. The van der Waals surface area contributed by atoms with Crippen molar-refractivity contribution in [2.45, 2.75) is 45.2 Å². The Labute approximate surface area is 212 Å². The fourth-order valence-electron chi connectivity index (χ4n) is 4.59. The lowest BCUT2D eigenvalue weighted by atomic mass is 9.94. The molecule has 0 saturated carbocycles. The molecular weight excluding hydrogens is 485 g/mol. The molecule has 0 aliphatic heterocycles. The van der Waals surface area contributed by atoms with Crippen molar-refractivity contribution in [1.29, 1.82) is 0 Å². The van der Waals surface area contributed by atoms with Gasteiger partial charge in [0.25, 0.3) is 5.56 Å². The summed E-state index contributed by atoms with van der Waals surface area (Å²) in [6, 6.07) is 10.6. The number of methoxy groups -OCH3 is 3. The normalized spacial score (nSPS) is 11.8. The maximum atomic E-state index is 13.3. The van der Waals surface area contributed by atoms with Crippen LogP contribution in [0.2, 0.25) is 0 Å². The minimum absolute atomic E-state index is 0.0983. The Morgan fingerprint density at radius 2 is 1.62 bits per heavy atom. The molecule has 9 heteroatoms. The van der Waals surface area contributed by atoms with Crippen molar-refractivity contribution < 1.29 is 27.4 Å². The van der Waals surface area contributed by atoms with E-state index in [1.807, 2.05) is 13.0 Å². The van der Waals surface area contributed by atoms with Gasteiger partial charge in [-0.2, -0.15) is 13.2 Å². The van der Waals surface area contributed by atoms with E-state index in [2.05, 4.69) is 9.97 Å². The predicted octanol–water partition coefficient (Wildman–Crippen LogP) is 6.14. The first-order valence-electron chi connectivity index (χ1n) is 12.0. The van der Waals surface area contributed by atoms with Crippen molar-refractivity contribution in [1.82, 2.24) is 9.97 Å². The number of benzene rings is 2. The van der Waals surface area contributed by atoms with E-state index in [9.17, 15) is 18.0 Å². The van der Waals surface area contributed by atoms with Crippen molar-refractivity contribution in [2.24, 2.45) is 0 Å². The molecule has 0 amide bonds. The molecule has 2 aromatic carbocycles. The van der Waals surface area contributed by atoms with Crippen LogP contribution in [0.4, 0.5) is 13.2 Å². The summed E-state index contributed by atoms with van der Waals surface area (Å²) in [5.41, 5.74) is 2.32. The number of fused-ring (bicyclic) bond motifs is 2. The Morgan fingerprint density at radius 1 is 0.919 bits per heavy atom. The third-order valence-electron chi connectivity index (χ3n) is 6.42. The third-order valence-corrected chi connectivity index (χ3v) is 6.42. The summed E-state index contributed by atoms with van der Waals surface area (Å²) in [5.74, 6) is 1.59. The fourth-order valence-corrected chi connectivity index (χ4v) is 4.59. The predicted molar refractivity (Wildman–Crippen MR) is 137 cm³/mol. The Kier molecular flexibility index (Phi) is 7.61. The molecule has 0 radical (unpaired) electrons. The van der Waals surface area contributed by atoms with Crippen LogP contribution in [0, 0.1) is 0 Å². The number of nitrogens with zero attached hydrogens (tertiary/aromatic N) is 1. The molecule has 0 unspecified atom stereocenters. The van der Waals surface area contributed by atoms with Gasteiger partial charge in [-0.15, -0.1) is 0 Å². The summed E-state index contributed by atoms with van der Waals surface area (Å²) in [5, 5.41) is 2.19. The Balaban J connectivity index is 1.93. The van der Waals surface area contributed by atoms with Crippen molar-refractivity contribution in [3.8, 4) is 17.2 Å². The van der Waals surface area contributed by atoms with E-state index in [-0.39, 0.29) is 18.4 Å². The fraction of sp³-hybridized carbons (Fsp3) is 0.357. The van der Waals surface area contributed by atoms with Gasteiger partial charge in [-0.1, -0.05) is 13.3 Å². The zero-order chi connectivity index (χ0) is 26.7. The van der Waals surface area contributed by atoms with Crippen LogP contribution < -0.4 is 19.8 Å². The topological polar surface area (TPSA) is 73.4 Å². The van der Waals surface area contributed by atoms with Crippen LogP contribution in [0.5, 0.6) is 17.2 Å². The highest BCUT2D eigenvalue weighted by Crippen LogP contribution is 2.35. The van der Waals surface area contributed by atoms with Gasteiger partial charge in [-0.3, -0.25) is 9.78 Å². The number of alkyl halides is 3. The maximum Gasteiger partial charge on any atom is 0.389 e. The van der Waals surface area contributed by atoms with E-state index in [0.717, 1.165) is 17.5 Å². The van der Waals surface area contributed by atoms with Crippen LogP contribution in [0.3, 0.4) is 0 Å². The van der Waals surface area contributed by atoms with Crippen LogP contribution in [0.1, 0.15) is 42.3 Å². The number of halogens is 3. The number of rotatable bonds is 9. The molecule has 0 spiro atoms. The van der Waals surface area contributed by atoms with E-state index < -0.39 is 12.6 Å². The van der Waals surface area contributed by atoms with Gasteiger partial charge in [0.05, 0.1) is 26.8 Å². The molecule has 2 heterocycles. The van der Waals surface area contributed by atoms with Gasteiger partial charge in [0.15, 0.2) is 11.5 Å². The van der Waals surface area contributed by atoms with E-state index in [0.29, 0.717) is 56.8 Å². The van der Waals surface area contributed by atoms with Gasteiger partial charge in [-0.25, -0.2) is 0 Å². The minimum Gasteiger partial charge on any atom is -0.497 e. The smallest absolute Gasteiger partial charge is 0.389 e. The van der Waals surface area contributed by atoms with E-state index in [4.69, 9.17) is 14.2 Å². The van der Waals surface area contributed by atoms with Crippen LogP contribution >= 0.6 is 0 Å². The number of aryl methyl sites for hydroxylation is 2. The summed E-state index contributed by atoms with van der Waals surface area (Å²) < 4.78 is 55.7. The van der Waals surface area contributed by atoms with Crippen molar-refractivity contribution in [2.75, 3.05) is 21.3 Å². The Morgan fingerprint density at radius 3 is 2.24 bits per heavy atom. The van der Waals surface area contributed by atoms with Crippen molar-refractivity contribution in [3.63, 3.8) is 0 Å². The zero-order valence-corrected chi connectivity index (χ0v) is 21.2. The number of H-pyrrole nitrogens is 1. The van der Waals surface area contributed by atoms with Gasteiger partial charge < -0.3 is 19.2 Å². The monoisotopic (exact) mass is 514 g/mol. The number of hydrogen-bond donors (Lipinski definition) is 1. The molecule has 196 valence electrons. The highest BCUT2D eigenvalue weighted by atomic mass is 19.4. The molecule has 0 aliphatic carbocycles. The van der Waals surface area contributed by atoms with Crippen molar-refractivity contribution >= 4 is 21.7 Å². The average molecular weight is 515 g/mol. The molecular formula is C28H29F3N2O4. The van der Waals surface area contributed by atoms with Gasteiger partial charge in [0, 0.05) is 40.6 Å². The summed E-state index contributed by atoms with van der Waals surface area (Å²) in [6.07, 6.45) is -4.06. The lowest BCUT2D eigenvalue weighted by Crippen LogP contribution is -2.18. The average Bonchev–Trinajstić information content (AvgIpc) is 2.88. The summed E-state index contributed by atoms with van der Waals surface area (Å²) in [4.78, 5) is 20.9. The lowest BCUT2D eigenvalue weighted by Gasteiger charge is -2.16. The molecule has 0 atom stereocenters. The maximum absolute atomic E-state index is 13.3. The summed E-state index contributed by atoms with van der Waals surface area (Å²) in [6.45, 7) is 2.01. The van der Waals surface area contributed by atoms with Crippen LogP contribution in [0.15, 0.2) is 41.2 Å².